The highest BCUT2D eigenvalue weighted by Gasteiger charge is 2.18. The summed E-state index contributed by atoms with van der Waals surface area (Å²) in [5.74, 6) is 0.690. The maximum Gasteiger partial charge on any atom is 0.0683 e. The number of benzene rings is 1. The maximum atomic E-state index is 6.40. The summed E-state index contributed by atoms with van der Waals surface area (Å²) < 4.78 is 0. The van der Waals surface area contributed by atoms with Crippen molar-refractivity contribution in [3.8, 4) is 0 Å². The zero-order valence-corrected chi connectivity index (χ0v) is 14.1. The largest absolute Gasteiger partial charge is 0.309 e. The Morgan fingerprint density at radius 2 is 1.85 bits per heavy atom. The number of hydrogen-bond acceptors (Lipinski definition) is 2. The second-order valence-electron chi connectivity index (χ2n) is 5.66. The molecule has 108 valence electrons. The molecule has 2 aromatic rings. The average molecular weight is 308 g/mol. The van der Waals surface area contributed by atoms with Crippen LogP contribution in [-0.2, 0) is 6.42 Å². The average Bonchev–Trinajstić information content (AvgIpc) is 2.73. The van der Waals surface area contributed by atoms with Crippen LogP contribution < -0.4 is 5.32 Å². The first-order valence-electron chi connectivity index (χ1n) is 7.02. The van der Waals surface area contributed by atoms with Gasteiger partial charge in [0.25, 0.3) is 0 Å². The number of thiophene rings is 1. The van der Waals surface area contributed by atoms with Crippen molar-refractivity contribution in [3.05, 3.63) is 56.2 Å². The van der Waals surface area contributed by atoms with Gasteiger partial charge in [-0.25, -0.2) is 0 Å². The van der Waals surface area contributed by atoms with Crippen molar-refractivity contribution < 1.29 is 0 Å². The van der Waals surface area contributed by atoms with Crippen molar-refractivity contribution in [1.29, 1.82) is 0 Å². The number of aryl methyl sites for hydroxylation is 1. The van der Waals surface area contributed by atoms with Gasteiger partial charge in [0.05, 0.1) is 11.1 Å². The van der Waals surface area contributed by atoms with E-state index < -0.39 is 0 Å². The monoisotopic (exact) mass is 307 g/mol. The third kappa shape index (κ3) is 3.43. The summed E-state index contributed by atoms with van der Waals surface area (Å²) in [6, 6.07) is 9.06. The summed E-state index contributed by atoms with van der Waals surface area (Å²) in [4.78, 5) is 1.20. The fourth-order valence-electron chi connectivity index (χ4n) is 2.41. The second kappa shape index (κ2) is 6.75. The molecule has 20 heavy (non-hydrogen) atoms. The molecule has 1 unspecified atom stereocenters. The molecule has 2 rings (SSSR count). The van der Waals surface area contributed by atoms with Gasteiger partial charge in [-0.1, -0.05) is 49.7 Å². The first-order chi connectivity index (χ1) is 9.52. The van der Waals surface area contributed by atoms with Gasteiger partial charge < -0.3 is 5.32 Å². The Kier molecular flexibility index (Phi) is 5.25. The van der Waals surface area contributed by atoms with E-state index in [1.54, 1.807) is 11.3 Å². The molecule has 0 aliphatic heterocycles. The van der Waals surface area contributed by atoms with Crippen molar-refractivity contribution >= 4 is 22.9 Å². The SMILES string of the molecule is CNC(c1ccc(CC(C)C)cc1)c1scc(C)c1Cl. The van der Waals surface area contributed by atoms with Crippen LogP contribution in [0.2, 0.25) is 5.02 Å². The van der Waals surface area contributed by atoms with E-state index in [1.807, 2.05) is 7.05 Å². The molecule has 1 nitrogen and oxygen atoms in total. The quantitative estimate of drug-likeness (QED) is 0.799. The van der Waals surface area contributed by atoms with Crippen LogP contribution in [-0.4, -0.2) is 7.05 Å². The molecule has 0 aliphatic rings. The fraction of sp³-hybridized carbons (Fsp3) is 0.412. The van der Waals surface area contributed by atoms with Crippen molar-refractivity contribution in [2.24, 2.45) is 5.92 Å². The molecule has 0 saturated carbocycles. The van der Waals surface area contributed by atoms with Gasteiger partial charge in [-0.3, -0.25) is 0 Å². The van der Waals surface area contributed by atoms with Crippen LogP contribution in [0.3, 0.4) is 0 Å². The van der Waals surface area contributed by atoms with Crippen LogP contribution in [0.25, 0.3) is 0 Å². The lowest BCUT2D eigenvalue weighted by Gasteiger charge is -2.17. The Morgan fingerprint density at radius 1 is 1.20 bits per heavy atom. The first-order valence-corrected chi connectivity index (χ1v) is 8.28. The van der Waals surface area contributed by atoms with E-state index >= 15 is 0 Å². The molecule has 0 radical (unpaired) electrons. The number of nitrogens with one attached hydrogen (secondary N) is 1. The van der Waals surface area contributed by atoms with Crippen LogP contribution in [0.1, 0.15) is 41.5 Å². The van der Waals surface area contributed by atoms with E-state index in [2.05, 4.69) is 55.7 Å². The van der Waals surface area contributed by atoms with E-state index in [-0.39, 0.29) is 6.04 Å². The molecule has 0 bridgehead atoms. The van der Waals surface area contributed by atoms with Crippen molar-refractivity contribution in [3.63, 3.8) is 0 Å². The van der Waals surface area contributed by atoms with Crippen molar-refractivity contribution in [2.45, 2.75) is 33.2 Å². The molecule has 3 heteroatoms. The van der Waals surface area contributed by atoms with E-state index in [0.717, 1.165) is 17.0 Å². The summed E-state index contributed by atoms with van der Waals surface area (Å²) >= 11 is 8.13. The summed E-state index contributed by atoms with van der Waals surface area (Å²) in [6.07, 6.45) is 1.13. The molecule has 0 amide bonds. The van der Waals surface area contributed by atoms with Crippen LogP contribution in [0.4, 0.5) is 0 Å². The Labute approximate surface area is 131 Å². The summed E-state index contributed by atoms with van der Waals surface area (Å²) in [7, 11) is 1.98. The van der Waals surface area contributed by atoms with Crippen LogP contribution in [0.5, 0.6) is 0 Å². The van der Waals surface area contributed by atoms with Crippen LogP contribution in [0.15, 0.2) is 29.6 Å². The molecule has 1 aromatic carbocycles. The summed E-state index contributed by atoms with van der Waals surface area (Å²) in [5.41, 5.74) is 3.82. The van der Waals surface area contributed by atoms with Gasteiger partial charge in [0.1, 0.15) is 0 Å². The van der Waals surface area contributed by atoms with Gasteiger partial charge in [0, 0.05) is 4.88 Å². The Bertz CT molecular complexity index is 557. The highest BCUT2D eigenvalue weighted by molar-refractivity contribution is 7.10. The standard InChI is InChI=1S/C17H22ClNS/c1-11(2)9-13-5-7-14(8-6-13)16(19-4)17-15(18)12(3)10-20-17/h5-8,10-11,16,19H,9H2,1-4H3. The zero-order chi connectivity index (χ0) is 14.7. The third-order valence-electron chi connectivity index (χ3n) is 3.43. The minimum Gasteiger partial charge on any atom is -0.309 e. The van der Waals surface area contributed by atoms with Crippen LogP contribution >= 0.6 is 22.9 Å². The Morgan fingerprint density at radius 3 is 2.30 bits per heavy atom. The van der Waals surface area contributed by atoms with Gasteiger partial charge >= 0.3 is 0 Å². The smallest absolute Gasteiger partial charge is 0.0683 e. The molecule has 0 aliphatic carbocycles. The molecule has 0 spiro atoms. The maximum absolute atomic E-state index is 6.40. The molecule has 0 saturated heterocycles. The molecule has 1 heterocycles. The molecular formula is C17H22ClNS. The second-order valence-corrected chi connectivity index (χ2v) is 6.95. The highest BCUT2D eigenvalue weighted by Crippen LogP contribution is 2.35. The number of hydrogen-bond donors (Lipinski definition) is 1. The van der Waals surface area contributed by atoms with E-state index in [9.17, 15) is 0 Å². The third-order valence-corrected chi connectivity index (χ3v) is 5.21. The van der Waals surface area contributed by atoms with Gasteiger partial charge in [-0.15, -0.1) is 11.3 Å². The highest BCUT2D eigenvalue weighted by atomic mass is 35.5. The van der Waals surface area contributed by atoms with Gasteiger partial charge in [0.2, 0.25) is 0 Å². The Hall–Kier alpha value is -0.830. The predicted molar refractivity (Wildman–Crippen MR) is 90.0 cm³/mol. The fourth-order valence-corrected chi connectivity index (χ4v) is 3.85. The predicted octanol–water partition coefficient (Wildman–Crippen LogP) is 5.22. The van der Waals surface area contributed by atoms with E-state index in [4.69, 9.17) is 11.6 Å². The zero-order valence-electron chi connectivity index (χ0n) is 12.5. The van der Waals surface area contributed by atoms with Crippen molar-refractivity contribution in [1.82, 2.24) is 5.32 Å². The molecule has 0 fully saturated rings. The van der Waals surface area contributed by atoms with E-state index in [1.165, 1.54) is 16.0 Å². The topological polar surface area (TPSA) is 12.0 Å². The van der Waals surface area contributed by atoms with Gasteiger partial charge in [-0.05, 0) is 48.4 Å². The van der Waals surface area contributed by atoms with Crippen molar-refractivity contribution in [2.75, 3.05) is 7.05 Å². The van der Waals surface area contributed by atoms with E-state index in [0.29, 0.717) is 5.92 Å². The molecular weight excluding hydrogens is 286 g/mol. The molecule has 1 atom stereocenters. The van der Waals surface area contributed by atoms with Crippen LogP contribution in [0, 0.1) is 12.8 Å². The lowest BCUT2D eigenvalue weighted by atomic mass is 9.99. The first kappa shape index (κ1) is 15.6. The Balaban J connectivity index is 2.26. The summed E-state index contributed by atoms with van der Waals surface area (Å²) in [5, 5.41) is 6.38. The lowest BCUT2D eigenvalue weighted by molar-refractivity contribution is 0.646. The number of halogens is 1. The molecule has 1 aromatic heterocycles. The minimum absolute atomic E-state index is 0.175. The number of rotatable bonds is 5. The van der Waals surface area contributed by atoms with Gasteiger partial charge in [-0.2, -0.15) is 0 Å². The molecule has 1 N–H and O–H groups in total. The van der Waals surface area contributed by atoms with Gasteiger partial charge in [0.15, 0.2) is 0 Å². The minimum atomic E-state index is 0.175. The lowest BCUT2D eigenvalue weighted by Crippen LogP contribution is -2.16. The summed E-state index contributed by atoms with van der Waals surface area (Å²) in [6.45, 7) is 6.55. The normalized spacial score (nSPS) is 12.9.